The quantitative estimate of drug-likeness (QED) is 0.707. The van der Waals surface area contributed by atoms with Gasteiger partial charge in [0.25, 0.3) is 0 Å². The molecule has 3 nitrogen and oxygen atoms in total. The van der Waals surface area contributed by atoms with Gasteiger partial charge in [0.15, 0.2) is 0 Å². The van der Waals surface area contributed by atoms with Gasteiger partial charge < -0.3 is 9.53 Å². The minimum absolute atomic E-state index is 0.128. The van der Waals surface area contributed by atoms with Crippen molar-refractivity contribution in [2.75, 3.05) is 26.3 Å². The number of hydrogen-bond donors (Lipinski definition) is 0. The van der Waals surface area contributed by atoms with E-state index < -0.39 is 0 Å². The average Bonchev–Trinajstić information content (AvgIpc) is 2.56. The fourth-order valence-electron chi connectivity index (χ4n) is 3.06. The molecule has 0 aromatic rings. The van der Waals surface area contributed by atoms with Crippen LogP contribution < -0.4 is 0 Å². The number of hydrogen-bond acceptors (Lipinski definition) is 3. The Bertz CT molecular complexity index is 249. The van der Waals surface area contributed by atoms with Gasteiger partial charge in [0, 0.05) is 31.2 Å². The second kappa shape index (κ2) is 5.96. The number of rotatable bonds is 3. The van der Waals surface area contributed by atoms with Crippen LogP contribution in [0.5, 0.6) is 0 Å². The van der Waals surface area contributed by atoms with E-state index in [-0.39, 0.29) is 5.41 Å². The molecule has 2 saturated heterocycles. The van der Waals surface area contributed by atoms with Crippen LogP contribution in [0.25, 0.3) is 0 Å². The number of likely N-dealkylation sites (tertiary alicyclic amines) is 1. The molecule has 0 aromatic heterocycles. The molecule has 2 aliphatic heterocycles. The summed E-state index contributed by atoms with van der Waals surface area (Å²) < 4.78 is 5.39. The summed E-state index contributed by atoms with van der Waals surface area (Å²) in [4.78, 5) is 14.0. The molecule has 0 spiro atoms. The van der Waals surface area contributed by atoms with Crippen molar-refractivity contribution in [2.45, 2.75) is 51.5 Å². The van der Waals surface area contributed by atoms with Crippen molar-refractivity contribution >= 4 is 6.29 Å². The van der Waals surface area contributed by atoms with E-state index in [0.717, 1.165) is 39.1 Å². The first kappa shape index (κ1) is 13.0. The van der Waals surface area contributed by atoms with Crippen LogP contribution in [0.3, 0.4) is 0 Å². The summed E-state index contributed by atoms with van der Waals surface area (Å²) >= 11 is 0. The van der Waals surface area contributed by atoms with Gasteiger partial charge in [-0.05, 0) is 39.2 Å². The van der Waals surface area contributed by atoms with Crippen molar-refractivity contribution < 1.29 is 9.53 Å². The topological polar surface area (TPSA) is 29.5 Å². The molecule has 3 heteroatoms. The predicted octanol–water partition coefficient (Wildman–Crippen LogP) is 2.25. The third-order valence-corrected chi connectivity index (χ3v) is 4.45. The van der Waals surface area contributed by atoms with Crippen LogP contribution in [-0.2, 0) is 9.53 Å². The van der Waals surface area contributed by atoms with Crippen molar-refractivity contribution in [2.24, 2.45) is 5.41 Å². The van der Waals surface area contributed by atoms with Crippen LogP contribution in [-0.4, -0.2) is 43.5 Å². The van der Waals surface area contributed by atoms with Crippen molar-refractivity contribution in [1.29, 1.82) is 0 Å². The van der Waals surface area contributed by atoms with Gasteiger partial charge in [-0.25, -0.2) is 0 Å². The summed E-state index contributed by atoms with van der Waals surface area (Å²) in [5, 5.41) is 0. The maximum absolute atomic E-state index is 11.5. The van der Waals surface area contributed by atoms with Crippen molar-refractivity contribution in [3.63, 3.8) is 0 Å². The Labute approximate surface area is 105 Å². The van der Waals surface area contributed by atoms with Gasteiger partial charge in [0.2, 0.25) is 0 Å². The molecule has 2 aliphatic rings. The maximum Gasteiger partial charge on any atom is 0.127 e. The Kier molecular flexibility index (Phi) is 4.57. The van der Waals surface area contributed by atoms with Crippen molar-refractivity contribution in [3.8, 4) is 0 Å². The molecule has 2 heterocycles. The van der Waals surface area contributed by atoms with Gasteiger partial charge in [-0.3, -0.25) is 4.90 Å². The lowest BCUT2D eigenvalue weighted by molar-refractivity contribution is -0.123. The van der Waals surface area contributed by atoms with Crippen molar-refractivity contribution in [1.82, 2.24) is 4.90 Å². The summed E-state index contributed by atoms with van der Waals surface area (Å²) in [6.45, 7) is 5.92. The molecule has 0 bridgehead atoms. The molecule has 0 saturated carbocycles. The summed E-state index contributed by atoms with van der Waals surface area (Å²) in [6, 6.07) is 0.636. The predicted molar refractivity (Wildman–Crippen MR) is 68.1 cm³/mol. The number of carbonyl (C=O) groups is 1. The number of ether oxygens (including phenoxy) is 1. The van der Waals surface area contributed by atoms with Gasteiger partial charge in [0.1, 0.15) is 6.29 Å². The van der Waals surface area contributed by atoms with Crippen LogP contribution >= 0.6 is 0 Å². The van der Waals surface area contributed by atoms with E-state index in [1.54, 1.807) is 0 Å². The largest absolute Gasteiger partial charge is 0.381 e. The lowest BCUT2D eigenvalue weighted by atomic mass is 9.81. The van der Waals surface area contributed by atoms with Crippen LogP contribution in [0.2, 0.25) is 0 Å². The number of nitrogens with zero attached hydrogens (tertiary/aromatic N) is 1. The van der Waals surface area contributed by atoms with Gasteiger partial charge in [-0.1, -0.05) is 12.8 Å². The molecule has 0 N–H and O–H groups in total. The molecular formula is C14H25NO2. The summed E-state index contributed by atoms with van der Waals surface area (Å²) in [7, 11) is 0. The second-order valence-corrected chi connectivity index (χ2v) is 5.76. The molecule has 2 rings (SSSR count). The monoisotopic (exact) mass is 239 g/mol. The van der Waals surface area contributed by atoms with Gasteiger partial charge in [-0.15, -0.1) is 0 Å². The Morgan fingerprint density at radius 2 is 2.06 bits per heavy atom. The first-order chi connectivity index (χ1) is 8.26. The maximum atomic E-state index is 11.5. The lowest BCUT2D eigenvalue weighted by Crippen LogP contribution is -2.45. The van der Waals surface area contributed by atoms with Crippen LogP contribution in [0.1, 0.15) is 45.4 Å². The molecule has 0 amide bonds. The summed E-state index contributed by atoms with van der Waals surface area (Å²) in [5.41, 5.74) is -0.128. The van der Waals surface area contributed by atoms with Gasteiger partial charge >= 0.3 is 0 Å². The average molecular weight is 239 g/mol. The highest BCUT2D eigenvalue weighted by Crippen LogP contribution is 2.31. The normalized spacial score (nSPS) is 30.8. The minimum atomic E-state index is -0.128. The standard InChI is InChI=1S/C14H25NO2/c1-13-5-3-2-4-8-15(13)11-14(12-16)6-9-17-10-7-14/h12-13H,2-11H2,1H3. The van der Waals surface area contributed by atoms with Crippen LogP contribution in [0.4, 0.5) is 0 Å². The molecule has 98 valence electrons. The van der Waals surface area contributed by atoms with Crippen LogP contribution in [0, 0.1) is 5.41 Å². The van der Waals surface area contributed by atoms with Gasteiger partial charge in [-0.2, -0.15) is 0 Å². The molecular weight excluding hydrogens is 214 g/mol. The van der Waals surface area contributed by atoms with E-state index in [1.807, 2.05) is 0 Å². The van der Waals surface area contributed by atoms with Crippen molar-refractivity contribution in [3.05, 3.63) is 0 Å². The highest BCUT2D eigenvalue weighted by Gasteiger charge is 2.35. The Morgan fingerprint density at radius 1 is 1.29 bits per heavy atom. The molecule has 1 atom stereocenters. The lowest BCUT2D eigenvalue weighted by Gasteiger charge is -2.38. The molecule has 0 aliphatic carbocycles. The zero-order valence-corrected chi connectivity index (χ0v) is 11.0. The first-order valence-corrected chi connectivity index (χ1v) is 7.04. The van der Waals surface area contributed by atoms with Crippen LogP contribution in [0.15, 0.2) is 0 Å². The third kappa shape index (κ3) is 3.29. The fourth-order valence-corrected chi connectivity index (χ4v) is 3.06. The van der Waals surface area contributed by atoms with E-state index in [9.17, 15) is 4.79 Å². The zero-order chi connectivity index (χ0) is 12.1. The Balaban J connectivity index is 1.98. The smallest absolute Gasteiger partial charge is 0.127 e. The summed E-state index contributed by atoms with van der Waals surface area (Å²) in [6.07, 6.45) is 8.26. The molecule has 1 unspecified atom stereocenters. The number of carbonyl (C=O) groups excluding carboxylic acids is 1. The Hall–Kier alpha value is -0.410. The molecule has 17 heavy (non-hydrogen) atoms. The van der Waals surface area contributed by atoms with E-state index >= 15 is 0 Å². The molecule has 2 fully saturated rings. The Morgan fingerprint density at radius 3 is 2.76 bits per heavy atom. The molecule has 0 aromatic carbocycles. The number of aldehydes is 1. The second-order valence-electron chi connectivity index (χ2n) is 5.76. The highest BCUT2D eigenvalue weighted by atomic mass is 16.5. The van der Waals surface area contributed by atoms with Gasteiger partial charge in [0.05, 0.1) is 0 Å². The summed E-state index contributed by atoms with van der Waals surface area (Å²) in [5.74, 6) is 0. The SMILES string of the molecule is CC1CCCCCN1CC1(C=O)CCOCC1. The van der Waals surface area contributed by atoms with E-state index in [2.05, 4.69) is 11.8 Å². The first-order valence-electron chi connectivity index (χ1n) is 7.04. The molecule has 0 radical (unpaired) electrons. The van der Waals surface area contributed by atoms with E-state index in [4.69, 9.17) is 4.74 Å². The van der Waals surface area contributed by atoms with E-state index in [1.165, 1.54) is 32.0 Å². The van der Waals surface area contributed by atoms with E-state index in [0.29, 0.717) is 6.04 Å². The zero-order valence-electron chi connectivity index (χ0n) is 11.0. The fraction of sp³-hybridized carbons (Fsp3) is 0.929. The minimum Gasteiger partial charge on any atom is -0.381 e. The third-order valence-electron chi connectivity index (χ3n) is 4.45. The highest BCUT2D eigenvalue weighted by molar-refractivity contribution is 5.60.